The smallest absolute Gasteiger partial charge is 0.138 e. The highest BCUT2D eigenvalue weighted by molar-refractivity contribution is 7.97. The van der Waals surface area contributed by atoms with Crippen LogP contribution in [0.3, 0.4) is 0 Å². The largest absolute Gasteiger partial charge is 0.399 e. The van der Waals surface area contributed by atoms with Crippen LogP contribution in [0.1, 0.15) is 5.69 Å². The van der Waals surface area contributed by atoms with E-state index in [1.165, 1.54) is 18.0 Å². The van der Waals surface area contributed by atoms with Gasteiger partial charge in [-0.25, -0.2) is 4.39 Å². The van der Waals surface area contributed by atoms with Crippen LogP contribution in [-0.2, 0) is 6.42 Å². The van der Waals surface area contributed by atoms with Crippen LogP contribution in [0, 0.1) is 5.82 Å². The Hall–Kier alpha value is -1.59. The first kappa shape index (κ1) is 12.9. The summed E-state index contributed by atoms with van der Waals surface area (Å²) in [6.07, 6.45) is 2.57. The molecule has 0 saturated heterocycles. The standard InChI is InChI=1S/C13H14FN3S/c14-12-5-4-10(15)9-13(12)18-17-8-6-11-3-1-2-7-16-11/h1-5,7,9,17H,6,8,15H2. The molecule has 0 saturated carbocycles. The third-order valence-electron chi connectivity index (χ3n) is 2.35. The number of pyridine rings is 1. The van der Waals surface area contributed by atoms with Crippen molar-refractivity contribution in [3.05, 3.63) is 54.1 Å². The predicted octanol–water partition coefficient (Wildman–Crippen LogP) is 2.64. The Kier molecular flexibility index (Phi) is 4.55. The summed E-state index contributed by atoms with van der Waals surface area (Å²) in [4.78, 5) is 4.72. The van der Waals surface area contributed by atoms with E-state index in [0.29, 0.717) is 10.6 Å². The molecule has 0 fully saturated rings. The lowest BCUT2D eigenvalue weighted by Gasteiger charge is -2.05. The van der Waals surface area contributed by atoms with E-state index >= 15 is 0 Å². The van der Waals surface area contributed by atoms with E-state index in [4.69, 9.17) is 5.73 Å². The van der Waals surface area contributed by atoms with Gasteiger partial charge in [0, 0.05) is 30.5 Å². The number of halogens is 1. The second-order valence-corrected chi connectivity index (χ2v) is 4.69. The molecule has 0 aliphatic heterocycles. The third-order valence-corrected chi connectivity index (χ3v) is 3.23. The number of hydrogen-bond acceptors (Lipinski definition) is 4. The number of nitrogens with zero attached hydrogens (tertiary/aromatic N) is 1. The van der Waals surface area contributed by atoms with E-state index in [1.807, 2.05) is 18.2 Å². The van der Waals surface area contributed by atoms with Crippen molar-refractivity contribution in [1.29, 1.82) is 0 Å². The van der Waals surface area contributed by atoms with Crippen molar-refractivity contribution in [2.45, 2.75) is 11.3 Å². The van der Waals surface area contributed by atoms with E-state index in [2.05, 4.69) is 9.71 Å². The second-order valence-electron chi connectivity index (χ2n) is 3.76. The highest BCUT2D eigenvalue weighted by Crippen LogP contribution is 2.21. The van der Waals surface area contributed by atoms with Gasteiger partial charge in [-0.15, -0.1) is 0 Å². The molecule has 1 aromatic heterocycles. The lowest BCUT2D eigenvalue weighted by molar-refractivity contribution is 0.602. The molecule has 0 aliphatic rings. The summed E-state index contributed by atoms with van der Waals surface area (Å²) in [7, 11) is 0. The van der Waals surface area contributed by atoms with Crippen molar-refractivity contribution in [1.82, 2.24) is 9.71 Å². The van der Waals surface area contributed by atoms with Gasteiger partial charge in [0.15, 0.2) is 0 Å². The van der Waals surface area contributed by atoms with Crippen LogP contribution in [0.2, 0.25) is 0 Å². The van der Waals surface area contributed by atoms with Crippen LogP contribution in [0.15, 0.2) is 47.5 Å². The average Bonchev–Trinajstić information content (AvgIpc) is 2.40. The lowest BCUT2D eigenvalue weighted by atomic mass is 10.3. The molecular formula is C13H14FN3S. The fraction of sp³-hybridized carbons (Fsp3) is 0.154. The second kappa shape index (κ2) is 6.37. The minimum atomic E-state index is -0.264. The molecule has 0 bridgehead atoms. The minimum Gasteiger partial charge on any atom is -0.399 e. The summed E-state index contributed by atoms with van der Waals surface area (Å²) < 4.78 is 16.5. The maximum Gasteiger partial charge on any atom is 0.138 e. The molecule has 0 radical (unpaired) electrons. The summed E-state index contributed by atoms with van der Waals surface area (Å²) in [6, 6.07) is 10.3. The van der Waals surface area contributed by atoms with Crippen LogP contribution < -0.4 is 10.5 Å². The topological polar surface area (TPSA) is 50.9 Å². The van der Waals surface area contributed by atoms with Crippen LogP contribution in [0.4, 0.5) is 10.1 Å². The summed E-state index contributed by atoms with van der Waals surface area (Å²) in [5.74, 6) is -0.264. The molecule has 94 valence electrons. The van der Waals surface area contributed by atoms with Crippen molar-refractivity contribution >= 4 is 17.6 Å². The van der Waals surface area contributed by atoms with Gasteiger partial charge in [0.25, 0.3) is 0 Å². The third kappa shape index (κ3) is 3.72. The fourth-order valence-electron chi connectivity index (χ4n) is 1.45. The number of hydrogen-bond donors (Lipinski definition) is 2. The number of anilines is 1. The molecule has 5 heteroatoms. The fourth-order valence-corrected chi connectivity index (χ4v) is 2.17. The van der Waals surface area contributed by atoms with Crippen LogP contribution in [0.25, 0.3) is 0 Å². The lowest BCUT2D eigenvalue weighted by Crippen LogP contribution is -2.09. The van der Waals surface area contributed by atoms with E-state index in [0.717, 1.165) is 18.7 Å². The molecule has 1 aromatic carbocycles. The Labute approximate surface area is 110 Å². The van der Waals surface area contributed by atoms with Gasteiger partial charge >= 0.3 is 0 Å². The number of aromatic nitrogens is 1. The zero-order valence-electron chi connectivity index (χ0n) is 9.77. The number of rotatable bonds is 5. The molecule has 3 N–H and O–H groups in total. The molecule has 0 spiro atoms. The van der Waals surface area contributed by atoms with E-state index in [1.54, 1.807) is 18.3 Å². The Morgan fingerprint density at radius 3 is 2.94 bits per heavy atom. The Bertz CT molecular complexity index is 505. The van der Waals surface area contributed by atoms with Gasteiger partial charge < -0.3 is 5.73 Å². The van der Waals surface area contributed by atoms with Gasteiger partial charge in [0.05, 0.1) is 4.90 Å². The van der Waals surface area contributed by atoms with E-state index in [-0.39, 0.29) is 5.82 Å². The van der Waals surface area contributed by atoms with Gasteiger partial charge in [0.2, 0.25) is 0 Å². The maximum absolute atomic E-state index is 13.4. The van der Waals surface area contributed by atoms with Crippen molar-refractivity contribution in [3.63, 3.8) is 0 Å². The quantitative estimate of drug-likeness (QED) is 0.494. The Morgan fingerprint density at radius 1 is 1.28 bits per heavy atom. The molecule has 3 nitrogen and oxygen atoms in total. The first-order valence-electron chi connectivity index (χ1n) is 5.60. The number of nitrogen functional groups attached to an aromatic ring is 1. The molecule has 1 heterocycles. The summed E-state index contributed by atoms with van der Waals surface area (Å²) >= 11 is 1.25. The summed E-state index contributed by atoms with van der Waals surface area (Å²) in [5, 5.41) is 0. The molecule has 0 unspecified atom stereocenters. The summed E-state index contributed by atoms with van der Waals surface area (Å²) in [5.41, 5.74) is 7.18. The zero-order valence-corrected chi connectivity index (χ0v) is 10.6. The summed E-state index contributed by atoms with van der Waals surface area (Å²) in [6.45, 7) is 0.718. The van der Waals surface area contributed by atoms with Gasteiger partial charge in [-0.2, -0.15) is 0 Å². The van der Waals surface area contributed by atoms with Crippen molar-refractivity contribution < 1.29 is 4.39 Å². The zero-order chi connectivity index (χ0) is 12.8. The molecule has 2 aromatic rings. The minimum absolute atomic E-state index is 0.264. The number of benzene rings is 1. The van der Waals surface area contributed by atoms with Crippen molar-refractivity contribution in [2.24, 2.45) is 0 Å². The highest BCUT2D eigenvalue weighted by Gasteiger charge is 2.03. The van der Waals surface area contributed by atoms with Gasteiger partial charge in [-0.05, 0) is 42.3 Å². The van der Waals surface area contributed by atoms with Gasteiger partial charge in [-0.1, -0.05) is 6.07 Å². The van der Waals surface area contributed by atoms with Crippen molar-refractivity contribution in [3.8, 4) is 0 Å². The molecule has 0 amide bonds. The first-order valence-corrected chi connectivity index (χ1v) is 6.42. The molecule has 0 aliphatic carbocycles. The highest BCUT2D eigenvalue weighted by atomic mass is 32.2. The van der Waals surface area contributed by atoms with E-state index < -0.39 is 0 Å². The molecule has 0 atom stereocenters. The SMILES string of the molecule is Nc1ccc(F)c(SNCCc2ccccn2)c1. The van der Waals surface area contributed by atoms with Crippen LogP contribution in [0.5, 0.6) is 0 Å². The molecular weight excluding hydrogens is 249 g/mol. The molecule has 18 heavy (non-hydrogen) atoms. The monoisotopic (exact) mass is 263 g/mol. The first-order chi connectivity index (χ1) is 8.75. The van der Waals surface area contributed by atoms with E-state index in [9.17, 15) is 4.39 Å². The Balaban J connectivity index is 1.80. The average molecular weight is 263 g/mol. The van der Waals surface area contributed by atoms with Gasteiger partial charge in [-0.3, -0.25) is 9.71 Å². The normalized spacial score (nSPS) is 10.5. The number of nitrogens with one attached hydrogen (secondary N) is 1. The number of nitrogens with two attached hydrogens (primary N) is 1. The predicted molar refractivity (Wildman–Crippen MR) is 72.6 cm³/mol. The Morgan fingerprint density at radius 2 is 2.17 bits per heavy atom. The van der Waals surface area contributed by atoms with Gasteiger partial charge in [0.1, 0.15) is 5.82 Å². The maximum atomic E-state index is 13.4. The van der Waals surface area contributed by atoms with Crippen LogP contribution in [-0.4, -0.2) is 11.5 Å². The van der Waals surface area contributed by atoms with Crippen molar-refractivity contribution in [2.75, 3.05) is 12.3 Å². The van der Waals surface area contributed by atoms with Crippen LogP contribution >= 0.6 is 11.9 Å². The molecule has 2 rings (SSSR count).